The van der Waals surface area contributed by atoms with Gasteiger partial charge in [0.1, 0.15) is 0 Å². The first-order chi connectivity index (χ1) is 6.02. The molecule has 1 N–H and O–H groups in total. The lowest BCUT2D eigenvalue weighted by atomic mass is 10.2. The second-order valence-corrected chi connectivity index (χ2v) is 10.2. The third-order valence-electron chi connectivity index (χ3n) is 2.40. The molecular formula is C11H24OSi. The third-order valence-corrected chi connectivity index (χ3v) is 5.00. The van der Waals surface area contributed by atoms with E-state index in [0.717, 1.165) is 6.42 Å². The summed E-state index contributed by atoms with van der Waals surface area (Å²) in [6.45, 7) is 9.43. The van der Waals surface area contributed by atoms with Crippen molar-refractivity contribution in [2.24, 2.45) is 0 Å². The number of hydrogen-bond acceptors (Lipinski definition) is 1. The molecule has 0 aliphatic heterocycles. The summed E-state index contributed by atoms with van der Waals surface area (Å²) in [5, 5.41) is 9.20. The molecule has 0 aromatic rings. The van der Waals surface area contributed by atoms with Crippen LogP contribution in [0.3, 0.4) is 0 Å². The van der Waals surface area contributed by atoms with Gasteiger partial charge in [-0.05, 0) is 12.0 Å². The normalized spacial score (nSPS) is 15.2. The molecule has 0 spiro atoms. The molecule has 0 bridgehead atoms. The van der Waals surface area contributed by atoms with Crippen LogP contribution in [0.1, 0.15) is 26.2 Å². The van der Waals surface area contributed by atoms with E-state index in [0.29, 0.717) is 12.1 Å². The molecule has 0 aromatic carbocycles. The molecule has 1 nitrogen and oxygen atoms in total. The van der Waals surface area contributed by atoms with Crippen molar-refractivity contribution < 1.29 is 5.11 Å². The van der Waals surface area contributed by atoms with Gasteiger partial charge in [-0.25, -0.2) is 0 Å². The second-order valence-electron chi connectivity index (χ2n) is 4.73. The molecule has 2 heteroatoms. The fourth-order valence-electron chi connectivity index (χ4n) is 1.21. The highest BCUT2D eigenvalue weighted by atomic mass is 28.3. The molecule has 0 saturated carbocycles. The van der Waals surface area contributed by atoms with E-state index in [1.165, 1.54) is 12.8 Å². The van der Waals surface area contributed by atoms with Gasteiger partial charge in [0.25, 0.3) is 0 Å². The molecule has 0 saturated heterocycles. The summed E-state index contributed by atoms with van der Waals surface area (Å²) >= 11 is 0. The number of aliphatic hydroxyl groups excluding tert-OH is 1. The van der Waals surface area contributed by atoms with Crippen LogP contribution in [0.4, 0.5) is 0 Å². The molecule has 0 heterocycles. The Hall–Kier alpha value is -0.0831. The molecule has 0 aliphatic carbocycles. The number of aliphatic hydroxyl groups is 1. The highest BCUT2D eigenvalue weighted by Crippen LogP contribution is 2.22. The molecule has 0 rings (SSSR count). The molecule has 0 aromatic heterocycles. The monoisotopic (exact) mass is 200 g/mol. The van der Waals surface area contributed by atoms with Crippen LogP contribution in [0.15, 0.2) is 12.2 Å². The van der Waals surface area contributed by atoms with Crippen molar-refractivity contribution >= 4 is 8.07 Å². The van der Waals surface area contributed by atoms with E-state index in [9.17, 15) is 5.11 Å². The van der Waals surface area contributed by atoms with Crippen molar-refractivity contribution in [2.75, 3.05) is 6.61 Å². The topological polar surface area (TPSA) is 20.2 Å². The predicted molar refractivity (Wildman–Crippen MR) is 62.8 cm³/mol. The Morgan fingerprint density at radius 1 is 1.31 bits per heavy atom. The fraction of sp³-hybridized carbons (Fsp3) is 0.818. The quantitative estimate of drug-likeness (QED) is 0.396. The number of rotatable bonds is 6. The Bertz CT molecular complexity index is 147. The number of unbranched alkanes of at least 4 members (excludes halogenated alkanes) is 2. The average molecular weight is 200 g/mol. The molecule has 1 atom stereocenters. The van der Waals surface area contributed by atoms with E-state index < -0.39 is 8.07 Å². The summed E-state index contributed by atoms with van der Waals surface area (Å²) in [7, 11) is -1.18. The second kappa shape index (κ2) is 6.38. The summed E-state index contributed by atoms with van der Waals surface area (Å²) in [4.78, 5) is 0. The molecule has 0 fully saturated rings. The van der Waals surface area contributed by atoms with Crippen LogP contribution in [0.2, 0.25) is 25.2 Å². The highest BCUT2D eigenvalue weighted by molar-refractivity contribution is 6.78. The van der Waals surface area contributed by atoms with Gasteiger partial charge >= 0.3 is 0 Å². The van der Waals surface area contributed by atoms with Crippen molar-refractivity contribution in [1.82, 2.24) is 0 Å². The lowest BCUT2D eigenvalue weighted by Crippen LogP contribution is -2.29. The minimum Gasteiger partial charge on any atom is -0.396 e. The van der Waals surface area contributed by atoms with Crippen LogP contribution in [-0.4, -0.2) is 19.8 Å². The Kier molecular flexibility index (Phi) is 6.34. The smallest absolute Gasteiger partial charge is 0.0542 e. The lowest BCUT2D eigenvalue weighted by molar-refractivity contribution is 0.300. The molecule has 1 unspecified atom stereocenters. The number of hydrogen-bond donors (Lipinski definition) is 1. The van der Waals surface area contributed by atoms with Gasteiger partial charge in [0.2, 0.25) is 0 Å². The molecule has 0 amide bonds. The van der Waals surface area contributed by atoms with Crippen LogP contribution in [0.25, 0.3) is 0 Å². The van der Waals surface area contributed by atoms with Gasteiger partial charge in [-0.1, -0.05) is 51.6 Å². The van der Waals surface area contributed by atoms with Crippen LogP contribution < -0.4 is 0 Å². The van der Waals surface area contributed by atoms with Gasteiger partial charge in [-0.15, -0.1) is 0 Å². The van der Waals surface area contributed by atoms with Gasteiger partial charge in [-0.2, -0.15) is 0 Å². The van der Waals surface area contributed by atoms with Crippen molar-refractivity contribution in [3.05, 3.63) is 12.2 Å². The van der Waals surface area contributed by atoms with E-state index >= 15 is 0 Å². The zero-order valence-corrected chi connectivity index (χ0v) is 10.5. The first kappa shape index (κ1) is 12.9. The van der Waals surface area contributed by atoms with Crippen LogP contribution in [0.5, 0.6) is 0 Å². The van der Waals surface area contributed by atoms with Gasteiger partial charge in [0.05, 0.1) is 8.07 Å². The van der Waals surface area contributed by atoms with Gasteiger partial charge in [0, 0.05) is 6.61 Å². The van der Waals surface area contributed by atoms with Gasteiger partial charge in [0.15, 0.2) is 0 Å². The Balaban J connectivity index is 3.91. The number of allylic oxidation sites excluding steroid dienone is 1. The molecular weight excluding hydrogens is 176 g/mol. The van der Waals surface area contributed by atoms with Crippen molar-refractivity contribution in [3.8, 4) is 0 Å². The van der Waals surface area contributed by atoms with E-state index in [-0.39, 0.29) is 0 Å². The minimum atomic E-state index is -1.18. The van der Waals surface area contributed by atoms with E-state index in [2.05, 4.69) is 38.7 Å². The van der Waals surface area contributed by atoms with Crippen LogP contribution in [0, 0.1) is 0 Å². The Morgan fingerprint density at radius 3 is 2.31 bits per heavy atom. The zero-order chi connectivity index (χ0) is 10.3. The van der Waals surface area contributed by atoms with Crippen LogP contribution in [-0.2, 0) is 0 Å². The SMILES string of the molecule is CCCC/C=C/C(CO)[Si](C)(C)C. The van der Waals surface area contributed by atoms with E-state index in [1.54, 1.807) is 0 Å². The van der Waals surface area contributed by atoms with Gasteiger partial charge in [-0.3, -0.25) is 0 Å². The molecule has 78 valence electrons. The molecule has 13 heavy (non-hydrogen) atoms. The van der Waals surface area contributed by atoms with Gasteiger partial charge < -0.3 is 5.11 Å². The maximum Gasteiger partial charge on any atom is 0.0542 e. The summed E-state index contributed by atoms with van der Waals surface area (Å²) in [6.07, 6.45) is 8.14. The summed E-state index contributed by atoms with van der Waals surface area (Å²) in [5.41, 5.74) is 0.435. The first-order valence-corrected chi connectivity index (χ1v) is 8.87. The largest absolute Gasteiger partial charge is 0.396 e. The van der Waals surface area contributed by atoms with Crippen molar-refractivity contribution in [2.45, 2.75) is 51.4 Å². The zero-order valence-electron chi connectivity index (χ0n) is 9.51. The Labute approximate surface area is 83.9 Å². The summed E-state index contributed by atoms with van der Waals surface area (Å²) in [6, 6.07) is 0. The fourth-order valence-corrected chi connectivity index (χ4v) is 2.47. The van der Waals surface area contributed by atoms with Crippen molar-refractivity contribution in [3.63, 3.8) is 0 Å². The Morgan fingerprint density at radius 2 is 1.92 bits per heavy atom. The molecule has 0 aliphatic rings. The van der Waals surface area contributed by atoms with Crippen molar-refractivity contribution in [1.29, 1.82) is 0 Å². The summed E-state index contributed by atoms with van der Waals surface area (Å²) in [5.74, 6) is 0. The maximum atomic E-state index is 9.20. The first-order valence-electron chi connectivity index (χ1n) is 5.30. The summed E-state index contributed by atoms with van der Waals surface area (Å²) < 4.78 is 0. The highest BCUT2D eigenvalue weighted by Gasteiger charge is 2.22. The maximum absolute atomic E-state index is 9.20. The van der Waals surface area contributed by atoms with E-state index in [1.807, 2.05) is 0 Å². The minimum absolute atomic E-state index is 0.318. The predicted octanol–water partition coefficient (Wildman–Crippen LogP) is 3.43. The molecule has 0 radical (unpaired) electrons. The van der Waals surface area contributed by atoms with Crippen LogP contribution >= 0.6 is 0 Å². The average Bonchev–Trinajstić information content (AvgIpc) is 2.02. The third kappa shape index (κ3) is 6.05. The van der Waals surface area contributed by atoms with E-state index in [4.69, 9.17) is 0 Å². The lowest BCUT2D eigenvalue weighted by Gasteiger charge is -2.23. The standard InChI is InChI=1S/C11H24OSi/c1-5-6-7-8-9-11(10-12)13(2,3)4/h8-9,11-12H,5-7,10H2,1-4H3/b9-8+.